The van der Waals surface area contributed by atoms with Crippen molar-refractivity contribution in [3.8, 4) is 11.5 Å². The Morgan fingerprint density at radius 3 is 2.41 bits per heavy atom. The number of fused-ring (bicyclic) bond motifs is 1. The second-order valence-corrected chi connectivity index (χ2v) is 5.72. The zero-order valence-electron chi connectivity index (χ0n) is 11.1. The largest absolute Gasteiger partial charge is 0.504 e. The van der Waals surface area contributed by atoms with Gasteiger partial charge >= 0.3 is 0 Å². The molecule has 0 saturated carbocycles. The molecule has 2 N–H and O–H groups in total. The average molecular weight is 234 g/mol. The van der Waals surface area contributed by atoms with E-state index in [9.17, 15) is 10.2 Å². The Balaban J connectivity index is 2.63. The summed E-state index contributed by atoms with van der Waals surface area (Å²) in [5, 5.41) is 20.0. The molecule has 2 rings (SSSR count). The molecule has 0 spiro atoms. The summed E-state index contributed by atoms with van der Waals surface area (Å²) in [5.41, 5.74) is 2.99. The van der Waals surface area contributed by atoms with Gasteiger partial charge in [-0.25, -0.2) is 0 Å². The molecule has 0 aromatic heterocycles. The van der Waals surface area contributed by atoms with Gasteiger partial charge in [-0.15, -0.1) is 0 Å². The molecule has 2 nitrogen and oxygen atoms in total. The fraction of sp³-hybridized carbons (Fsp3) is 0.600. The van der Waals surface area contributed by atoms with Crippen molar-refractivity contribution in [2.45, 2.75) is 52.4 Å². The molecule has 1 aliphatic rings. The molecule has 1 aliphatic carbocycles. The van der Waals surface area contributed by atoms with Gasteiger partial charge in [-0.1, -0.05) is 26.8 Å². The standard InChI is InChI=1S/C15H22O2/c1-8(2)11-6-5-9(3)13-12(11)7-10(4)14(16)15(13)17/h7-9,11,16-17H,5-6H2,1-4H3/t9-,11+/m0/s1. The smallest absolute Gasteiger partial charge is 0.161 e. The minimum atomic E-state index is 0.0556. The third-order valence-electron chi connectivity index (χ3n) is 4.14. The van der Waals surface area contributed by atoms with Gasteiger partial charge < -0.3 is 10.2 Å². The predicted molar refractivity (Wildman–Crippen MR) is 69.7 cm³/mol. The first kappa shape index (κ1) is 12.3. The van der Waals surface area contributed by atoms with Crippen LogP contribution in [0.25, 0.3) is 0 Å². The summed E-state index contributed by atoms with van der Waals surface area (Å²) >= 11 is 0. The van der Waals surface area contributed by atoms with Crippen molar-refractivity contribution in [3.05, 3.63) is 22.8 Å². The SMILES string of the molecule is Cc1cc2c(c(O)c1O)[C@@H](C)CC[C@@H]2C(C)C. The van der Waals surface area contributed by atoms with Crippen LogP contribution in [0.4, 0.5) is 0 Å². The fourth-order valence-electron chi connectivity index (χ4n) is 3.08. The normalized spacial score (nSPS) is 23.8. The van der Waals surface area contributed by atoms with Crippen molar-refractivity contribution in [2.75, 3.05) is 0 Å². The summed E-state index contributed by atoms with van der Waals surface area (Å²) in [4.78, 5) is 0. The third-order valence-corrected chi connectivity index (χ3v) is 4.14. The molecule has 0 fully saturated rings. The van der Waals surface area contributed by atoms with Crippen LogP contribution in [0.1, 0.15) is 62.1 Å². The maximum atomic E-state index is 10.1. The van der Waals surface area contributed by atoms with Crippen LogP contribution in [-0.2, 0) is 0 Å². The number of hydrogen-bond donors (Lipinski definition) is 2. The van der Waals surface area contributed by atoms with E-state index in [1.54, 1.807) is 0 Å². The van der Waals surface area contributed by atoms with E-state index in [0.717, 1.165) is 17.5 Å². The van der Waals surface area contributed by atoms with E-state index >= 15 is 0 Å². The van der Waals surface area contributed by atoms with Crippen LogP contribution < -0.4 is 0 Å². The molecule has 0 amide bonds. The van der Waals surface area contributed by atoms with Gasteiger partial charge in [-0.05, 0) is 48.6 Å². The Bertz CT molecular complexity index is 435. The summed E-state index contributed by atoms with van der Waals surface area (Å²) in [6.45, 7) is 8.43. The second-order valence-electron chi connectivity index (χ2n) is 5.72. The van der Waals surface area contributed by atoms with E-state index in [0.29, 0.717) is 17.8 Å². The lowest BCUT2D eigenvalue weighted by atomic mass is 9.72. The van der Waals surface area contributed by atoms with Crippen LogP contribution in [-0.4, -0.2) is 10.2 Å². The number of phenols is 2. The summed E-state index contributed by atoms with van der Waals surface area (Å²) in [6.07, 6.45) is 2.27. The molecular weight excluding hydrogens is 212 g/mol. The molecule has 0 unspecified atom stereocenters. The van der Waals surface area contributed by atoms with E-state index in [-0.39, 0.29) is 11.5 Å². The summed E-state index contributed by atoms with van der Waals surface area (Å²) in [7, 11) is 0. The quantitative estimate of drug-likeness (QED) is 0.720. The van der Waals surface area contributed by atoms with Gasteiger partial charge in [0, 0.05) is 5.56 Å². The third kappa shape index (κ3) is 1.90. The molecule has 1 aromatic rings. The zero-order valence-corrected chi connectivity index (χ0v) is 11.1. The number of rotatable bonds is 1. The van der Waals surface area contributed by atoms with Crippen molar-refractivity contribution in [3.63, 3.8) is 0 Å². The molecule has 0 saturated heterocycles. The molecular formula is C15H22O2. The minimum absolute atomic E-state index is 0.0556. The Morgan fingerprint density at radius 1 is 1.18 bits per heavy atom. The number of aromatic hydroxyl groups is 2. The predicted octanol–water partition coefficient (Wildman–Crippen LogP) is 4.04. The highest BCUT2D eigenvalue weighted by Crippen LogP contribution is 2.49. The Hall–Kier alpha value is -1.18. The van der Waals surface area contributed by atoms with Crippen LogP contribution in [0.3, 0.4) is 0 Å². The molecule has 0 radical (unpaired) electrons. The van der Waals surface area contributed by atoms with E-state index in [1.165, 1.54) is 12.0 Å². The fourth-order valence-corrected chi connectivity index (χ4v) is 3.08. The van der Waals surface area contributed by atoms with E-state index in [2.05, 4.69) is 26.8 Å². The molecule has 17 heavy (non-hydrogen) atoms. The maximum absolute atomic E-state index is 10.1. The van der Waals surface area contributed by atoms with E-state index in [1.807, 2.05) is 6.92 Å². The molecule has 2 atom stereocenters. The highest BCUT2D eigenvalue weighted by molar-refractivity contribution is 5.56. The topological polar surface area (TPSA) is 40.5 Å². The van der Waals surface area contributed by atoms with Crippen LogP contribution in [0.2, 0.25) is 0 Å². The minimum Gasteiger partial charge on any atom is -0.504 e. The lowest BCUT2D eigenvalue weighted by molar-refractivity contribution is 0.367. The zero-order chi connectivity index (χ0) is 12.7. The van der Waals surface area contributed by atoms with Gasteiger partial charge in [0.15, 0.2) is 11.5 Å². The lowest BCUT2D eigenvalue weighted by Crippen LogP contribution is -2.17. The van der Waals surface area contributed by atoms with Crippen molar-refractivity contribution in [1.29, 1.82) is 0 Å². The van der Waals surface area contributed by atoms with Crippen LogP contribution in [0.5, 0.6) is 11.5 Å². The second kappa shape index (κ2) is 4.25. The highest BCUT2D eigenvalue weighted by atomic mass is 16.3. The summed E-state index contributed by atoms with van der Waals surface area (Å²) in [6, 6.07) is 2.06. The first-order chi connectivity index (χ1) is 7.93. The van der Waals surface area contributed by atoms with Crippen molar-refractivity contribution in [1.82, 2.24) is 0 Å². The van der Waals surface area contributed by atoms with Crippen LogP contribution in [0.15, 0.2) is 6.07 Å². The maximum Gasteiger partial charge on any atom is 0.161 e. The molecule has 2 heteroatoms. The first-order valence-corrected chi connectivity index (χ1v) is 6.48. The molecule has 0 aliphatic heterocycles. The van der Waals surface area contributed by atoms with Gasteiger partial charge in [0.2, 0.25) is 0 Å². The Labute approximate surface area is 103 Å². The summed E-state index contributed by atoms with van der Waals surface area (Å²) in [5.74, 6) is 1.58. The molecule has 0 bridgehead atoms. The van der Waals surface area contributed by atoms with Crippen LogP contribution in [0, 0.1) is 12.8 Å². The Morgan fingerprint density at radius 2 is 1.82 bits per heavy atom. The number of aryl methyl sites for hydroxylation is 1. The lowest BCUT2D eigenvalue weighted by Gasteiger charge is -2.33. The number of phenolic OH excluding ortho intramolecular Hbond substituents is 2. The molecule has 1 aromatic carbocycles. The molecule has 0 heterocycles. The van der Waals surface area contributed by atoms with E-state index < -0.39 is 0 Å². The summed E-state index contributed by atoms with van der Waals surface area (Å²) < 4.78 is 0. The Kier molecular flexibility index (Phi) is 3.07. The number of benzene rings is 1. The van der Waals surface area contributed by atoms with Gasteiger partial charge in [0.25, 0.3) is 0 Å². The van der Waals surface area contributed by atoms with Crippen molar-refractivity contribution in [2.24, 2.45) is 5.92 Å². The van der Waals surface area contributed by atoms with E-state index in [4.69, 9.17) is 0 Å². The average Bonchev–Trinajstić information content (AvgIpc) is 2.25. The van der Waals surface area contributed by atoms with Gasteiger partial charge in [-0.2, -0.15) is 0 Å². The first-order valence-electron chi connectivity index (χ1n) is 6.48. The highest BCUT2D eigenvalue weighted by Gasteiger charge is 2.30. The van der Waals surface area contributed by atoms with Crippen molar-refractivity contribution >= 4 is 0 Å². The van der Waals surface area contributed by atoms with Gasteiger partial charge in [-0.3, -0.25) is 0 Å². The van der Waals surface area contributed by atoms with Gasteiger partial charge in [0.1, 0.15) is 0 Å². The van der Waals surface area contributed by atoms with Crippen LogP contribution >= 0.6 is 0 Å². The molecule has 94 valence electrons. The van der Waals surface area contributed by atoms with Gasteiger partial charge in [0.05, 0.1) is 0 Å². The van der Waals surface area contributed by atoms with Crippen molar-refractivity contribution < 1.29 is 10.2 Å². The number of hydrogen-bond acceptors (Lipinski definition) is 2. The monoisotopic (exact) mass is 234 g/mol.